The van der Waals surface area contributed by atoms with E-state index in [4.69, 9.17) is 38.9 Å². The summed E-state index contributed by atoms with van der Waals surface area (Å²) in [6.07, 6.45) is -0.480. The van der Waals surface area contributed by atoms with Crippen molar-refractivity contribution in [2.75, 3.05) is 99.0 Å². The maximum Gasteiger partial charge on any atom is 0.313 e. The summed E-state index contributed by atoms with van der Waals surface area (Å²) in [5.41, 5.74) is 5.29. The van der Waals surface area contributed by atoms with Crippen molar-refractivity contribution >= 4 is 5.97 Å². The molecule has 0 radical (unpaired) electrons. The van der Waals surface area contributed by atoms with Gasteiger partial charge in [-0.1, -0.05) is 0 Å². The molecule has 0 spiro atoms. The van der Waals surface area contributed by atoms with Gasteiger partial charge in [0.1, 0.15) is 0 Å². The lowest BCUT2D eigenvalue weighted by atomic mass is 10.2. The van der Waals surface area contributed by atoms with E-state index in [-0.39, 0.29) is 26.4 Å². The molecular weight excluding hydrogens is 529 g/mol. The molecule has 0 aliphatic rings. The lowest BCUT2D eigenvalue weighted by molar-refractivity contribution is -0.136. The molecule has 0 aliphatic heterocycles. The molecule has 0 aromatic heterocycles. The van der Waals surface area contributed by atoms with Crippen LogP contribution >= 0.6 is 0 Å². The molecule has 0 atom stereocenters. The SMILES string of the molecule is NCCOCCOCCOCCOCCOCCOCCOCCC(=O)Oc1c(F)c(F)c(F)c(F)c1F. The molecule has 0 saturated carbocycles. The van der Waals surface area contributed by atoms with Crippen molar-refractivity contribution in [2.24, 2.45) is 5.73 Å². The zero-order valence-corrected chi connectivity index (χ0v) is 21.0. The average molecular weight is 564 g/mol. The second-order valence-corrected chi connectivity index (χ2v) is 7.20. The van der Waals surface area contributed by atoms with Crippen LogP contribution in [0.3, 0.4) is 0 Å². The van der Waals surface area contributed by atoms with Crippen LogP contribution < -0.4 is 10.5 Å². The Bertz CT molecular complexity index is 763. The van der Waals surface area contributed by atoms with Crippen molar-refractivity contribution in [2.45, 2.75) is 6.42 Å². The summed E-state index contributed by atoms with van der Waals surface area (Å²) in [6, 6.07) is 0. The predicted molar refractivity (Wildman–Crippen MR) is 121 cm³/mol. The largest absolute Gasteiger partial charge is 0.420 e. The van der Waals surface area contributed by atoms with Gasteiger partial charge in [0.2, 0.25) is 34.8 Å². The normalized spacial score (nSPS) is 11.3. The minimum absolute atomic E-state index is 0.0893. The monoisotopic (exact) mass is 563 g/mol. The average Bonchev–Trinajstić information content (AvgIpc) is 2.91. The van der Waals surface area contributed by atoms with Crippen molar-refractivity contribution in [3.05, 3.63) is 29.1 Å². The van der Waals surface area contributed by atoms with Gasteiger partial charge in [0.25, 0.3) is 0 Å². The molecule has 0 bridgehead atoms. The summed E-state index contributed by atoms with van der Waals surface area (Å²) in [4.78, 5) is 11.6. The lowest BCUT2D eigenvalue weighted by Gasteiger charge is -2.09. The van der Waals surface area contributed by atoms with Crippen LogP contribution in [0.2, 0.25) is 0 Å². The minimum Gasteiger partial charge on any atom is -0.420 e. The van der Waals surface area contributed by atoms with Crippen molar-refractivity contribution in [3.8, 4) is 5.75 Å². The standard InChI is InChI=1S/C23H34F5NO9/c24-18-19(25)21(27)23(22(28)20(18)26)38-17(30)1-3-31-5-7-33-9-11-35-13-15-37-16-14-36-12-10-34-8-6-32-4-2-29/h1-16,29H2. The maximum atomic E-state index is 13.5. The van der Waals surface area contributed by atoms with Crippen molar-refractivity contribution in [1.29, 1.82) is 0 Å². The number of benzene rings is 1. The number of rotatable bonds is 24. The molecule has 0 saturated heterocycles. The maximum absolute atomic E-state index is 13.5. The third-order valence-electron chi connectivity index (χ3n) is 4.33. The summed E-state index contributed by atoms with van der Waals surface area (Å²) in [5.74, 6) is -14.1. The fourth-order valence-electron chi connectivity index (χ4n) is 2.50. The number of carbonyl (C=O) groups excluding carboxylic acids is 1. The highest BCUT2D eigenvalue weighted by Crippen LogP contribution is 2.29. The number of carbonyl (C=O) groups is 1. The Morgan fingerprint density at radius 2 is 0.763 bits per heavy atom. The molecule has 2 N–H and O–H groups in total. The Labute approximate surface area is 217 Å². The smallest absolute Gasteiger partial charge is 0.313 e. The summed E-state index contributed by atoms with van der Waals surface area (Å²) in [7, 11) is 0. The van der Waals surface area contributed by atoms with Crippen LogP contribution in [-0.2, 0) is 38.0 Å². The molecule has 1 rings (SSSR count). The van der Waals surface area contributed by atoms with E-state index in [1.165, 1.54) is 0 Å². The molecule has 0 aliphatic carbocycles. The molecule has 0 amide bonds. The van der Waals surface area contributed by atoms with Gasteiger partial charge >= 0.3 is 5.97 Å². The van der Waals surface area contributed by atoms with E-state index in [1.54, 1.807) is 0 Å². The first kappa shape index (κ1) is 34.0. The molecule has 38 heavy (non-hydrogen) atoms. The zero-order valence-electron chi connectivity index (χ0n) is 21.0. The highest BCUT2D eigenvalue weighted by molar-refractivity contribution is 5.72. The van der Waals surface area contributed by atoms with Crippen LogP contribution in [-0.4, -0.2) is 105 Å². The third kappa shape index (κ3) is 14.8. The Kier molecular flexibility index (Phi) is 19.6. The van der Waals surface area contributed by atoms with Crippen LogP contribution in [0, 0.1) is 29.1 Å². The first-order valence-electron chi connectivity index (χ1n) is 11.9. The number of hydrogen-bond donors (Lipinski definition) is 1. The topological polar surface area (TPSA) is 117 Å². The summed E-state index contributed by atoms with van der Waals surface area (Å²) in [5, 5.41) is 0. The number of halogens is 5. The first-order chi connectivity index (χ1) is 18.4. The predicted octanol–water partition coefficient (Wildman–Crippen LogP) is 1.75. The van der Waals surface area contributed by atoms with E-state index < -0.39 is 47.2 Å². The molecular formula is C23H34F5NO9. The second-order valence-electron chi connectivity index (χ2n) is 7.20. The van der Waals surface area contributed by atoms with Crippen molar-refractivity contribution in [1.82, 2.24) is 0 Å². The molecule has 0 unspecified atom stereocenters. The summed E-state index contributed by atoms with van der Waals surface area (Å²) < 4.78 is 107. The van der Waals surface area contributed by atoms with Crippen LogP contribution in [0.5, 0.6) is 5.75 Å². The van der Waals surface area contributed by atoms with E-state index in [0.29, 0.717) is 72.6 Å². The van der Waals surface area contributed by atoms with Crippen molar-refractivity contribution < 1.29 is 64.6 Å². The quantitative estimate of drug-likeness (QED) is 0.0498. The Morgan fingerprint density at radius 1 is 0.474 bits per heavy atom. The van der Waals surface area contributed by atoms with Gasteiger partial charge in [0, 0.05) is 6.54 Å². The van der Waals surface area contributed by atoms with Gasteiger partial charge in [-0.25, -0.2) is 13.2 Å². The van der Waals surface area contributed by atoms with Gasteiger partial charge in [0.05, 0.1) is 98.9 Å². The highest BCUT2D eigenvalue weighted by atomic mass is 19.2. The fourth-order valence-corrected chi connectivity index (χ4v) is 2.50. The van der Waals surface area contributed by atoms with E-state index >= 15 is 0 Å². The number of hydrogen-bond acceptors (Lipinski definition) is 10. The van der Waals surface area contributed by atoms with Gasteiger partial charge in [-0.2, -0.15) is 8.78 Å². The molecule has 1 aromatic carbocycles. The Balaban J connectivity index is 1.88. The van der Waals surface area contributed by atoms with Gasteiger partial charge in [-0.3, -0.25) is 4.79 Å². The fraction of sp³-hybridized carbons (Fsp3) is 0.696. The molecule has 10 nitrogen and oxygen atoms in total. The molecule has 220 valence electrons. The Morgan fingerprint density at radius 3 is 1.11 bits per heavy atom. The van der Waals surface area contributed by atoms with E-state index in [9.17, 15) is 26.7 Å². The van der Waals surface area contributed by atoms with Crippen LogP contribution in [0.25, 0.3) is 0 Å². The van der Waals surface area contributed by atoms with E-state index in [0.717, 1.165) is 0 Å². The van der Waals surface area contributed by atoms with E-state index in [1.807, 2.05) is 0 Å². The number of nitrogens with two attached hydrogens (primary N) is 1. The summed E-state index contributed by atoms with van der Waals surface area (Å²) >= 11 is 0. The highest BCUT2D eigenvalue weighted by Gasteiger charge is 2.28. The van der Waals surface area contributed by atoms with E-state index in [2.05, 4.69) is 4.74 Å². The van der Waals surface area contributed by atoms with Gasteiger partial charge in [-0.15, -0.1) is 0 Å². The molecule has 1 aromatic rings. The van der Waals surface area contributed by atoms with Crippen LogP contribution in [0.15, 0.2) is 0 Å². The zero-order chi connectivity index (χ0) is 28.0. The Hall–Kier alpha value is -1.98. The molecule has 15 heteroatoms. The van der Waals surface area contributed by atoms with Crippen molar-refractivity contribution in [3.63, 3.8) is 0 Å². The molecule has 0 fully saturated rings. The molecule has 0 heterocycles. The van der Waals surface area contributed by atoms with Gasteiger partial charge in [-0.05, 0) is 0 Å². The summed E-state index contributed by atoms with van der Waals surface area (Å²) in [6.45, 7) is 5.20. The number of esters is 1. The third-order valence-corrected chi connectivity index (χ3v) is 4.33. The van der Waals surface area contributed by atoms with Gasteiger partial charge < -0.3 is 43.6 Å². The second kappa shape index (κ2) is 21.9. The van der Waals surface area contributed by atoms with Gasteiger partial charge in [0.15, 0.2) is 0 Å². The van der Waals surface area contributed by atoms with Crippen LogP contribution in [0.1, 0.15) is 6.42 Å². The first-order valence-corrected chi connectivity index (χ1v) is 11.9. The number of ether oxygens (including phenoxy) is 8. The minimum atomic E-state index is -2.34. The lowest BCUT2D eigenvalue weighted by Crippen LogP contribution is -2.16. The van der Waals surface area contributed by atoms with Crippen LogP contribution in [0.4, 0.5) is 22.0 Å².